The molecule has 0 bridgehead atoms. The first-order valence-electron chi connectivity index (χ1n) is 14.2. The molecule has 0 spiro atoms. The number of nitrogens with zero attached hydrogens (tertiary/aromatic N) is 2. The first kappa shape index (κ1) is 32.8. The summed E-state index contributed by atoms with van der Waals surface area (Å²) < 4.78 is 0. The van der Waals surface area contributed by atoms with Crippen molar-refractivity contribution in [3.8, 4) is 0 Å². The number of thiol groups is 1. The molecule has 226 valence electrons. The quantitative estimate of drug-likeness (QED) is 0.158. The number of aromatic nitrogens is 1. The van der Waals surface area contributed by atoms with Crippen LogP contribution >= 0.6 is 12.6 Å². The number of pyridine rings is 1. The van der Waals surface area contributed by atoms with Gasteiger partial charge in [0.1, 0.15) is 12.1 Å². The molecule has 10 nitrogen and oxygen atoms in total. The van der Waals surface area contributed by atoms with E-state index in [1.165, 1.54) is 4.90 Å². The van der Waals surface area contributed by atoms with Gasteiger partial charge in [-0.15, -0.1) is 0 Å². The Morgan fingerprint density at radius 3 is 2.02 bits per heavy atom. The summed E-state index contributed by atoms with van der Waals surface area (Å²) in [6.07, 6.45) is 4.97. The van der Waals surface area contributed by atoms with Crippen LogP contribution in [0.25, 0.3) is 0 Å². The predicted molar refractivity (Wildman–Crippen MR) is 164 cm³/mol. The lowest BCUT2D eigenvalue weighted by Crippen LogP contribution is -2.57. The Bertz CT molecular complexity index is 1260. The zero-order chi connectivity index (χ0) is 31.0. The minimum absolute atomic E-state index is 0.0952. The second-order valence-electron chi connectivity index (χ2n) is 12.0. The average molecular weight is 596 g/mol. The smallest absolute Gasteiger partial charge is 0.261 e. The minimum Gasteiger partial charge on any atom is -0.343 e. The van der Waals surface area contributed by atoms with Gasteiger partial charge in [0, 0.05) is 24.6 Å². The third kappa shape index (κ3) is 8.64. The SMILES string of the molecule is CC(C)C[C@H](NC(=O)[C@@H](S)CCCCN1C(=O)c2ccccc2C1=O)C(=O)N[C@H](C(=O)Nc1ccncc1)C(C)(C)C. The van der Waals surface area contributed by atoms with E-state index in [1.54, 1.807) is 48.8 Å². The first-order valence-corrected chi connectivity index (χ1v) is 14.8. The number of benzene rings is 1. The van der Waals surface area contributed by atoms with Gasteiger partial charge in [-0.05, 0) is 54.9 Å². The van der Waals surface area contributed by atoms with E-state index in [0.29, 0.717) is 42.5 Å². The van der Waals surface area contributed by atoms with Gasteiger partial charge in [0.05, 0.1) is 16.4 Å². The van der Waals surface area contributed by atoms with Crippen molar-refractivity contribution in [3.05, 3.63) is 59.9 Å². The second-order valence-corrected chi connectivity index (χ2v) is 12.7. The van der Waals surface area contributed by atoms with Gasteiger partial charge in [-0.1, -0.05) is 53.2 Å². The molecule has 0 unspecified atom stereocenters. The average Bonchev–Trinajstić information content (AvgIpc) is 3.17. The number of carbonyl (C=O) groups is 5. The Balaban J connectivity index is 1.55. The van der Waals surface area contributed by atoms with Crippen LogP contribution in [0.15, 0.2) is 48.8 Å². The molecule has 2 heterocycles. The fraction of sp³-hybridized carbons (Fsp3) is 0.484. The maximum Gasteiger partial charge on any atom is 0.261 e. The predicted octanol–water partition coefficient (Wildman–Crippen LogP) is 3.85. The molecule has 1 aromatic carbocycles. The summed E-state index contributed by atoms with van der Waals surface area (Å²) in [5, 5.41) is 7.79. The maximum absolute atomic E-state index is 13.4. The van der Waals surface area contributed by atoms with Crippen LogP contribution in [0.2, 0.25) is 0 Å². The summed E-state index contributed by atoms with van der Waals surface area (Å²) >= 11 is 4.46. The van der Waals surface area contributed by atoms with E-state index >= 15 is 0 Å². The number of rotatable bonds is 13. The highest BCUT2D eigenvalue weighted by Gasteiger charge is 2.36. The molecule has 0 radical (unpaired) electrons. The Labute approximate surface area is 252 Å². The Morgan fingerprint density at radius 2 is 1.48 bits per heavy atom. The molecule has 1 aromatic heterocycles. The van der Waals surface area contributed by atoms with Gasteiger partial charge in [0.15, 0.2) is 0 Å². The number of nitrogens with one attached hydrogen (secondary N) is 3. The van der Waals surface area contributed by atoms with Crippen LogP contribution in [0.1, 0.15) is 81.0 Å². The molecule has 0 fully saturated rings. The van der Waals surface area contributed by atoms with Crippen LogP contribution in [-0.2, 0) is 14.4 Å². The number of anilines is 1. The fourth-order valence-corrected chi connectivity index (χ4v) is 4.98. The number of imide groups is 1. The Hall–Kier alpha value is -3.73. The van der Waals surface area contributed by atoms with Crippen molar-refractivity contribution < 1.29 is 24.0 Å². The van der Waals surface area contributed by atoms with Gasteiger partial charge in [0.25, 0.3) is 11.8 Å². The molecule has 42 heavy (non-hydrogen) atoms. The zero-order valence-corrected chi connectivity index (χ0v) is 25.7. The van der Waals surface area contributed by atoms with Crippen molar-refractivity contribution in [2.24, 2.45) is 11.3 Å². The van der Waals surface area contributed by atoms with E-state index in [0.717, 1.165) is 0 Å². The molecule has 3 atom stereocenters. The Morgan fingerprint density at radius 1 is 0.881 bits per heavy atom. The van der Waals surface area contributed by atoms with Gasteiger partial charge in [-0.25, -0.2) is 0 Å². The Kier molecular flexibility index (Phi) is 11.3. The topological polar surface area (TPSA) is 138 Å². The third-order valence-corrected chi connectivity index (χ3v) is 7.49. The molecule has 5 amide bonds. The molecule has 1 aliphatic rings. The highest BCUT2D eigenvalue weighted by molar-refractivity contribution is 7.81. The van der Waals surface area contributed by atoms with Crippen LogP contribution in [0.5, 0.6) is 0 Å². The van der Waals surface area contributed by atoms with Gasteiger partial charge >= 0.3 is 0 Å². The van der Waals surface area contributed by atoms with Gasteiger partial charge in [-0.2, -0.15) is 12.6 Å². The van der Waals surface area contributed by atoms with E-state index in [9.17, 15) is 24.0 Å². The van der Waals surface area contributed by atoms with E-state index < -0.39 is 34.6 Å². The van der Waals surface area contributed by atoms with Crippen molar-refractivity contribution in [1.82, 2.24) is 20.5 Å². The molecule has 2 aromatic rings. The molecule has 0 saturated carbocycles. The lowest BCUT2D eigenvalue weighted by molar-refractivity contribution is -0.132. The van der Waals surface area contributed by atoms with Crippen LogP contribution in [0.3, 0.4) is 0 Å². The minimum atomic E-state index is -0.862. The van der Waals surface area contributed by atoms with E-state index in [1.807, 2.05) is 34.6 Å². The summed E-state index contributed by atoms with van der Waals surface area (Å²) in [6.45, 7) is 9.70. The van der Waals surface area contributed by atoms with Crippen molar-refractivity contribution in [2.45, 2.75) is 77.6 Å². The monoisotopic (exact) mass is 595 g/mol. The molecular formula is C31H41N5O5S. The summed E-state index contributed by atoms with van der Waals surface area (Å²) in [7, 11) is 0. The third-order valence-electron chi connectivity index (χ3n) is 6.99. The molecule has 11 heteroatoms. The van der Waals surface area contributed by atoms with E-state index in [-0.39, 0.29) is 30.2 Å². The molecule has 3 rings (SSSR count). The lowest BCUT2D eigenvalue weighted by Gasteiger charge is -2.32. The molecule has 0 saturated heterocycles. The number of amides is 5. The number of carbonyl (C=O) groups excluding carboxylic acids is 5. The van der Waals surface area contributed by atoms with Gasteiger partial charge in [-0.3, -0.25) is 33.9 Å². The zero-order valence-electron chi connectivity index (χ0n) is 24.8. The van der Waals surface area contributed by atoms with Crippen molar-refractivity contribution in [1.29, 1.82) is 0 Å². The molecule has 0 aliphatic carbocycles. The van der Waals surface area contributed by atoms with Crippen molar-refractivity contribution in [3.63, 3.8) is 0 Å². The summed E-state index contributed by atoms with van der Waals surface area (Å²) in [5.74, 6) is -1.73. The number of hydrogen-bond donors (Lipinski definition) is 4. The fourth-order valence-electron chi connectivity index (χ4n) is 4.72. The maximum atomic E-state index is 13.4. The molecule has 1 aliphatic heterocycles. The molecule has 3 N–H and O–H groups in total. The number of hydrogen-bond acceptors (Lipinski definition) is 7. The highest BCUT2D eigenvalue weighted by atomic mass is 32.1. The largest absolute Gasteiger partial charge is 0.343 e. The van der Waals surface area contributed by atoms with Crippen molar-refractivity contribution >= 4 is 47.9 Å². The van der Waals surface area contributed by atoms with Crippen LogP contribution in [-0.4, -0.2) is 63.3 Å². The number of fused-ring (bicyclic) bond motifs is 1. The highest BCUT2D eigenvalue weighted by Crippen LogP contribution is 2.24. The first-order chi connectivity index (χ1) is 19.8. The summed E-state index contributed by atoms with van der Waals surface area (Å²) in [6, 6.07) is 8.34. The van der Waals surface area contributed by atoms with Crippen molar-refractivity contribution in [2.75, 3.05) is 11.9 Å². The standard InChI is InChI=1S/C31H41N5O5S/c1-19(2)18-23(26(37)35-25(31(3,4)5)28(39)33-20-13-15-32-16-14-20)34-27(38)24(42)12-8-9-17-36-29(40)21-10-6-7-11-22(21)30(36)41/h6-7,10-11,13-16,19,23-25,42H,8-9,12,17-18H2,1-5H3,(H,34,38)(H,35,37)(H,32,33,39)/t23-,24-,25+/m0/s1. The molecular weight excluding hydrogens is 554 g/mol. The van der Waals surface area contributed by atoms with E-state index in [4.69, 9.17) is 0 Å². The van der Waals surface area contributed by atoms with Crippen LogP contribution in [0, 0.1) is 11.3 Å². The second kappa shape index (κ2) is 14.4. The normalized spacial score (nSPS) is 15.2. The lowest BCUT2D eigenvalue weighted by atomic mass is 9.85. The van der Waals surface area contributed by atoms with E-state index in [2.05, 4.69) is 33.6 Å². The van der Waals surface area contributed by atoms with Crippen LogP contribution < -0.4 is 16.0 Å². The van der Waals surface area contributed by atoms with Crippen LogP contribution in [0.4, 0.5) is 5.69 Å². The van der Waals surface area contributed by atoms with Gasteiger partial charge < -0.3 is 16.0 Å². The number of unbranched alkanes of at least 4 members (excludes halogenated alkanes) is 1. The summed E-state index contributed by atoms with van der Waals surface area (Å²) in [4.78, 5) is 69.8. The van der Waals surface area contributed by atoms with Gasteiger partial charge in [0.2, 0.25) is 17.7 Å². The summed E-state index contributed by atoms with van der Waals surface area (Å²) in [5.41, 5.74) is 0.774.